The molecule has 1 heterocycles. The number of likely N-dealkylation sites (tertiary alicyclic amines) is 1. The Morgan fingerprint density at radius 1 is 1.33 bits per heavy atom. The predicted molar refractivity (Wildman–Crippen MR) is 98.7 cm³/mol. The van der Waals surface area contributed by atoms with E-state index in [1.165, 1.54) is 6.42 Å². The summed E-state index contributed by atoms with van der Waals surface area (Å²) >= 11 is 0. The second-order valence-corrected chi connectivity index (χ2v) is 6.64. The van der Waals surface area contributed by atoms with Crippen LogP contribution < -0.4 is 10.1 Å². The van der Waals surface area contributed by atoms with Crippen molar-refractivity contribution in [3.63, 3.8) is 0 Å². The first-order chi connectivity index (χ1) is 11.6. The second-order valence-electron chi connectivity index (χ2n) is 6.64. The third-order valence-electron chi connectivity index (χ3n) is 4.34. The first kappa shape index (κ1) is 18.6. The number of amides is 2. The highest BCUT2D eigenvalue weighted by atomic mass is 16.5. The van der Waals surface area contributed by atoms with Crippen molar-refractivity contribution in [3.05, 3.63) is 24.3 Å². The number of carbonyl (C=O) groups is 1. The molecular formula is C19H31N3O2. The number of hydrogen-bond donors (Lipinski definition) is 1. The minimum Gasteiger partial charge on any atom is -0.491 e. The van der Waals surface area contributed by atoms with Crippen molar-refractivity contribution in [3.8, 4) is 5.75 Å². The van der Waals surface area contributed by atoms with Crippen molar-refractivity contribution in [2.24, 2.45) is 5.92 Å². The first-order valence-electron chi connectivity index (χ1n) is 9.10. The molecule has 5 heteroatoms. The van der Waals surface area contributed by atoms with Crippen molar-refractivity contribution >= 4 is 11.7 Å². The molecule has 134 valence electrons. The molecule has 1 atom stereocenters. The molecule has 5 nitrogen and oxygen atoms in total. The molecule has 0 bridgehead atoms. The van der Waals surface area contributed by atoms with Crippen LogP contribution in [0.25, 0.3) is 0 Å². The van der Waals surface area contributed by atoms with Gasteiger partial charge in [-0.15, -0.1) is 0 Å². The molecule has 1 aliphatic rings. The molecule has 1 saturated heterocycles. The van der Waals surface area contributed by atoms with Crippen LogP contribution >= 0.6 is 0 Å². The van der Waals surface area contributed by atoms with E-state index in [0.29, 0.717) is 12.5 Å². The summed E-state index contributed by atoms with van der Waals surface area (Å²) in [6, 6.07) is 7.61. The number of benzene rings is 1. The van der Waals surface area contributed by atoms with Gasteiger partial charge in [0.2, 0.25) is 0 Å². The molecule has 1 aromatic carbocycles. The van der Waals surface area contributed by atoms with E-state index in [1.807, 2.05) is 29.2 Å². The molecule has 1 N–H and O–H groups in total. The Morgan fingerprint density at radius 3 is 2.88 bits per heavy atom. The highest BCUT2D eigenvalue weighted by Gasteiger charge is 2.27. The van der Waals surface area contributed by atoms with Gasteiger partial charge in [0, 0.05) is 19.6 Å². The standard InChI is InChI=1S/C19H31N3O2/c1-4-11-21(3)14-16-10-12-22(15-16)19(23)20-17-8-6-7-9-18(17)24-13-5-2/h6-9,16H,4-5,10-15H2,1-3H3,(H,20,23)/t16-/m0/s1. The summed E-state index contributed by atoms with van der Waals surface area (Å²) in [5.74, 6) is 1.31. The summed E-state index contributed by atoms with van der Waals surface area (Å²) in [6.07, 6.45) is 3.19. The number of urea groups is 1. The van der Waals surface area contributed by atoms with Gasteiger partial charge in [0.05, 0.1) is 12.3 Å². The molecule has 0 unspecified atom stereocenters. The highest BCUT2D eigenvalue weighted by Crippen LogP contribution is 2.25. The zero-order chi connectivity index (χ0) is 17.4. The summed E-state index contributed by atoms with van der Waals surface area (Å²) in [4.78, 5) is 16.8. The Hall–Kier alpha value is -1.75. The summed E-state index contributed by atoms with van der Waals surface area (Å²) in [5, 5.41) is 3.01. The number of para-hydroxylation sites is 2. The maximum Gasteiger partial charge on any atom is 0.321 e. The van der Waals surface area contributed by atoms with Gasteiger partial charge in [0.1, 0.15) is 5.75 Å². The molecule has 0 aromatic heterocycles. The number of anilines is 1. The number of ether oxygens (including phenoxy) is 1. The van der Waals surface area contributed by atoms with Gasteiger partial charge in [-0.3, -0.25) is 0 Å². The number of nitrogens with zero attached hydrogens (tertiary/aromatic N) is 2. The quantitative estimate of drug-likeness (QED) is 0.789. The lowest BCUT2D eigenvalue weighted by molar-refractivity contribution is 0.217. The van der Waals surface area contributed by atoms with Crippen LogP contribution in [0.4, 0.5) is 10.5 Å². The Balaban J connectivity index is 1.87. The third kappa shape index (κ3) is 5.41. The van der Waals surface area contributed by atoms with Crippen molar-refractivity contribution in [1.82, 2.24) is 9.80 Å². The molecule has 24 heavy (non-hydrogen) atoms. The molecular weight excluding hydrogens is 302 g/mol. The van der Waals surface area contributed by atoms with Gasteiger partial charge in [-0.1, -0.05) is 26.0 Å². The van der Waals surface area contributed by atoms with E-state index >= 15 is 0 Å². The largest absolute Gasteiger partial charge is 0.491 e. The summed E-state index contributed by atoms with van der Waals surface area (Å²) in [6.45, 7) is 8.76. The van der Waals surface area contributed by atoms with Gasteiger partial charge in [0.15, 0.2) is 0 Å². The molecule has 1 aromatic rings. The average molecular weight is 333 g/mol. The smallest absolute Gasteiger partial charge is 0.321 e. The zero-order valence-corrected chi connectivity index (χ0v) is 15.3. The van der Waals surface area contributed by atoms with E-state index in [1.54, 1.807) is 0 Å². The molecule has 0 saturated carbocycles. The van der Waals surface area contributed by atoms with Gasteiger partial charge in [0.25, 0.3) is 0 Å². The lowest BCUT2D eigenvalue weighted by atomic mass is 10.1. The highest BCUT2D eigenvalue weighted by molar-refractivity contribution is 5.91. The number of carbonyl (C=O) groups excluding carboxylic acids is 1. The maximum atomic E-state index is 12.5. The Bertz CT molecular complexity index is 521. The van der Waals surface area contributed by atoms with E-state index in [0.717, 1.165) is 50.5 Å². The SMILES string of the molecule is CCCOc1ccccc1NC(=O)N1CC[C@@H](CN(C)CCC)C1. The predicted octanol–water partition coefficient (Wildman–Crippen LogP) is 3.67. The fraction of sp³-hybridized carbons (Fsp3) is 0.632. The van der Waals surface area contributed by atoms with E-state index < -0.39 is 0 Å². The number of hydrogen-bond acceptors (Lipinski definition) is 3. The van der Waals surface area contributed by atoms with E-state index in [2.05, 4.69) is 31.1 Å². The van der Waals surface area contributed by atoms with Crippen LogP contribution in [0.15, 0.2) is 24.3 Å². The van der Waals surface area contributed by atoms with Crippen molar-refractivity contribution in [1.29, 1.82) is 0 Å². The molecule has 0 radical (unpaired) electrons. The van der Waals surface area contributed by atoms with Crippen molar-refractivity contribution in [2.45, 2.75) is 33.1 Å². The lowest BCUT2D eigenvalue weighted by Gasteiger charge is -2.21. The first-order valence-corrected chi connectivity index (χ1v) is 9.10. The molecule has 0 spiro atoms. The van der Waals surface area contributed by atoms with Crippen LogP contribution in [0.1, 0.15) is 33.1 Å². The van der Waals surface area contributed by atoms with Crippen LogP contribution in [0.5, 0.6) is 5.75 Å². The minimum absolute atomic E-state index is 0.0248. The summed E-state index contributed by atoms with van der Waals surface area (Å²) in [7, 11) is 2.16. The Kier molecular flexibility index (Phi) is 7.37. The van der Waals surface area contributed by atoms with Crippen LogP contribution in [0, 0.1) is 5.92 Å². The van der Waals surface area contributed by atoms with Crippen LogP contribution in [-0.2, 0) is 0 Å². The van der Waals surface area contributed by atoms with Crippen LogP contribution in [-0.4, -0.2) is 55.7 Å². The zero-order valence-electron chi connectivity index (χ0n) is 15.3. The van der Waals surface area contributed by atoms with E-state index in [4.69, 9.17) is 4.74 Å². The molecule has 0 aliphatic carbocycles. The van der Waals surface area contributed by atoms with E-state index in [-0.39, 0.29) is 6.03 Å². The van der Waals surface area contributed by atoms with Crippen molar-refractivity contribution in [2.75, 3.05) is 45.2 Å². The maximum absolute atomic E-state index is 12.5. The lowest BCUT2D eigenvalue weighted by Crippen LogP contribution is -2.34. The number of nitrogens with one attached hydrogen (secondary N) is 1. The van der Waals surface area contributed by atoms with Gasteiger partial charge in [-0.25, -0.2) is 4.79 Å². The van der Waals surface area contributed by atoms with Crippen LogP contribution in [0.3, 0.4) is 0 Å². The number of rotatable bonds is 8. The summed E-state index contributed by atoms with van der Waals surface area (Å²) < 4.78 is 5.71. The van der Waals surface area contributed by atoms with Crippen LogP contribution in [0.2, 0.25) is 0 Å². The normalized spacial score (nSPS) is 17.3. The van der Waals surface area contributed by atoms with E-state index in [9.17, 15) is 4.79 Å². The topological polar surface area (TPSA) is 44.8 Å². The second kappa shape index (κ2) is 9.52. The Morgan fingerprint density at radius 2 is 2.12 bits per heavy atom. The molecule has 1 aliphatic heterocycles. The third-order valence-corrected chi connectivity index (χ3v) is 4.34. The van der Waals surface area contributed by atoms with Crippen molar-refractivity contribution < 1.29 is 9.53 Å². The van der Waals surface area contributed by atoms with Gasteiger partial charge < -0.3 is 19.9 Å². The van der Waals surface area contributed by atoms with Gasteiger partial charge >= 0.3 is 6.03 Å². The fourth-order valence-electron chi connectivity index (χ4n) is 3.18. The fourth-order valence-corrected chi connectivity index (χ4v) is 3.18. The van der Waals surface area contributed by atoms with Gasteiger partial charge in [-0.05, 0) is 50.9 Å². The minimum atomic E-state index is -0.0248. The van der Waals surface area contributed by atoms with Gasteiger partial charge in [-0.2, -0.15) is 0 Å². The average Bonchev–Trinajstić information content (AvgIpc) is 3.03. The molecule has 1 fully saturated rings. The summed E-state index contributed by atoms with van der Waals surface area (Å²) in [5.41, 5.74) is 0.752. The molecule has 2 rings (SSSR count). The Labute approximate surface area is 146 Å². The monoisotopic (exact) mass is 333 g/mol. The molecule has 2 amide bonds.